The minimum absolute atomic E-state index is 0.143. The van der Waals surface area contributed by atoms with Crippen LogP contribution in [0.15, 0.2) is 40.8 Å². The van der Waals surface area contributed by atoms with E-state index in [1.807, 2.05) is 25.2 Å². The summed E-state index contributed by atoms with van der Waals surface area (Å²) >= 11 is 1.40. The van der Waals surface area contributed by atoms with Gasteiger partial charge in [0, 0.05) is 30.7 Å². The molecule has 0 saturated heterocycles. The maximum atomic E-state index is 9.21. The van der Waals surface area contributed by atoms with Crippen molar-refractivity contribution in [3.8, 4) is 11.4 Å². The number of aliphatic hydroxyl groups is 1. The molecule has 118 valence electrons. The normalized spacial score (nSPS) is 10.9. The SMILES string of the molecule is CCc1cc(Sc2nnc(CO)n2C)nc(-c2ccncc2)n1. The summed E-state index contributed by atoms with van der Waals surface area (Å²) < 4.78 is 1.75. The van der Waals surface area contributed by atoms with Crippen LogP contribution in [0.2, 0.25) is 0 Å². The lowest BCUT2D eigenvalue weighted by Gasteiger charge is -2.07. The molecule has 0 aliphatic heterocycles. The smallest absolute Gasteiger partial charge is 0.197 e. The van der Waals surface area contributed by atoms with Crippen molar-refractivity contribution in [1.29, 1.82) is 0 Å². The maximum absolute atomic E-state index is 9.21. The first-order chi connectivity index (χ1) is 11.2. The van der Waals surface area contributed by atoms with Gasteiger partial charge in [-0.3, -0.25) is 4.98 Å². The van der Waals surface area contributed by atoms with Crippen LogP contribution in [-0.4, -0.2) is 34.8 Å². The standard InChI is InChI=1S/C15H16N6OS/c1-3-11-8-13(23-15-20-19-12(9-22)21(15)2)18-14(17-11)10-4-6-16-7-5-10/h4-8,22H,3,9H2,1-2H3. The van der Waals surface area contributed by atoms with Gasteiger partial charge in [-0.15, -0.1) is 10.2 Å². The first-order valence-electron chi connectivity index (χ1n) is 7.16. The van der Waals surface area contributed by atoms with Crippen LogP contribution < -0.4 is 0 Å². The lowest BCUT2D eigenvalue weighted by Crippen LogP contribution is -2.00. The summed E-state index contributed by atoms with van der Waals surface area (Å²) in [6.45, 7) is 1.91. The van der Waals surface area contributed by atoms with Crippen LogP contribution in [0.4, 0.5) is 0 Å². The van der Waals surface area contributed by atoms with Crippen molar-refractivity contribution in [3.05, 3.63) is 42.1 Å². The Balaban J connectivity index is 1.97. The average Bonchev–Trinajstić information content (AvgIpc) is 2.95. The van der Waals surface area contributed by atoms with Crippen molar-refractivity contribution in [1.82, 2.24) is 29.7 Å². The van der Waals surface area contributed by atoms with Gasteiger partial charge in [0.1, 0.15) is 11.6 Å². The molecular formula is C15H16N6OS. The summed E-state index contributed by atoms with van der Waals surface area (Å²) in [5.41, 5.74) is 1.88. The summed E-state index contributed by atoms with van der Waals surface area (Å²) in [7, 11) is 1.82. The molecule has 3 heterocycles. The van der Waals surface area contributed by atoms with Crippen LogP contribution in [0.3, 0.4) is 0 Å². The van der Waals surface area contributed by atoms with E-state index < -0.39 is 0 Å². The third kappa shape index (κ3) is 3.38. The summed E-state index contributed by atoms with van der Waals surface area (Å²) in [6, 6.07) is 5.72. The van der Waals surface area contributed by atoms with Gasteiger partial charge in [-0.25, -0.2) is 9.97 Å². The van der Waals surface area contributed by atoms with Crippen LogP contribution in [0, 0.1) is 0 Å². The zero-order valence-corrected chi connectivity index (χ0v) is 13.7. The van der Waals surface area contributed by atoms with Crippen molar-refractivity contribution in [3.63, 3.8) is 0 Å². The van der Waals surface area contributed by atoms with Gasteiger partial charge in [-0.05, 0) is 36.4 Å². The fraction of sp³-hybridized carbons (Fsp3) is 0.267. The second kappa shape index (κ2) is 6.84. The number of aromatic nitrogens is 6. The molecule has 0 radical (unpaired) electrons. The van der Waals surface area contributed by atoms with Gasteiger partial charge < -0.3 is 9.67 Å². The van der Waals surface area contributed by atoms with E-state index in [1.165, 1.54) is 11.8 Å². The van der Waals surface area contributed by atoms with Crippen LogP contribution in [0.1, 0.15) is 18.4 Å². The predicted molar refractivity (Wildman–Crippen MR) is 85.7 cm³/mol. The Morgan fingerprint density at radius 1 is 1.17 bits per heavy atom. The van der Waals surface area contributed by atoms with Crippen molar-refractivity contribution >= 4 is 11.8 Å². The quantitative estimate of drug-likeness (QED) is 0.715. The number of nitrogens with zero attached hydrogens (tertiary/aromatic N) is 6. The fourth-order valence-electron chi connectivity index (χ4n) is 2.00. The Kier molecular flexibility index (Phi) is 4.63. The lowest BCUT2D eigenvalue weighted by molar-refractivity contribution is 0.266. The molecule has 3 aromatic rings. The molecule has 0 bridgehead atoms. The first kappa shape index (κ1) is 15.6. The Hall–Kier alpha value is -2.32. The molecule has 0 saturated carbocycles. The molecule has 0 aliphatic rings. The van der Waals surface area contributed by atoms with Gasteiger partial charge in [0.05, 0.1) is 0 Å². The van der Waals surface area contributed by atoms with Gasteiger partial charge in [0.2, 0.25) is 0 Å². The van der Waals surface area contributed by atoms with Gasteiger partial charge in [-0.1, -0.05) is 6.92 Å². The van der Waals surface area contributed by atoms with Crippen molar-refractivity contribution in [2.75, 3.05) is 0 Å². The third-order valence-electron chi connectivity index (χ3n) is 3.32. The molecule has 1 N–H and O–H groups in total. The van der Waals surface area contributed by atoms with Crippen LogP contribution in [0.25, 0.3) is 11.4 Å². The number of rotatable bonds is 5. The first-order valence-corrected chi connectivity index (χ1v) is 7.98. The second-order valence-electron chi connectivity index (χ2n) is 4.83. The molecule has 0 unspecified atom stereocenters. The Morgan fingerprint density at radius 3 is 2.61 bits per heavy atom. The number of pyridine rings is 1. The summed E-state index contributed by atoms with van der Waals surface area (Å²) in [5.74, 6) is 1.19. The Labute approximate surface area is 137 Å². The van der Waals surface area contributed by atoms with Crippen molar-refractivity contribution in [2.24, 2.45) is 7.05 Å². The van der Waals surface area contributed by atoms with E-state index in [-0.39, 0.29) is 6.61 Å². The third-order valence-corrected chi connectivity index (χ3v) is 4.28. The summed E-state index contributed by atoms with van der Waals surface area (Å²) in [6.07, 6.45) is 4.26. The van der Waals surface area contributed by atoms with Gasteiger partial charge in [0.15, 0.2) is 16.8 Å². The molecule has 3 rings (SSSR count). The number of aliphatic hydroxyl groups excluding tert-OH is 1. The van der Waals surface area contributed by atoms with E-state index in [0.717, 1.165) is 22.7 Å². The molecule has 23 heavy (non-hydrogen) atoms. The highest BCUT2D eigenvalue weighted by atomic mass is 32.2. The molecule has 0 atom stereocenters. The molecular weight excluding hydrogens is 312 g/mol. The zero-order valence-electron chi connectivity index (χ0n) is 12.8. The number of aryl methyl sites for hydroxylation is 1. The van der Waals surface area contributed by atoms with E-state index in [1.54, 1.807) is 17.0 Å². The van der Waals surface area contributed by atoms with E-state index in [4.69, 9.17) is 0 Å². The molecule has 0 aromatic carbocycles. The topological polar surface area (TPSA) is 89.6 Å². The Morgan fingerprint density at radius 2 is 1.96 bits per heavy atom. The highest BCUT2D eigenvalue weighted by Gasteiger charge is 2.12. The van der Waals surface area contributed by atoms with Crippen LogP contribution >= 0.6 is 11.8 Å². The largest absolute Gasteiger partial charge is 0.388 e. The summed E-state index contributed by atoms with van der Waals surface area (Å²) in [4.78, 5) is 13.2. The number of hydrogen-bond acceptors (Lipinski definition) is 7. The molecule has 0 amide bonds. The number of hydrogen-bond donors (Lipinski definition) is 1. The van der Waals surface area contributed by atoms with Gasteiger partial charge >= 0.3 is 0 Å². The average molecular weight is 328 g/mol. The summed E-state index contributed by atoms with van der Waals surface area (Å²) in [5, 5.41) is 18.7. The molecule has 0 fully saturated rings. The van der Waals surface area contributed by atoms with Gasteiger partial charge in [-0.2, -0.15) is 0 Å². The molecule has 0 spiro atoms. The van der Waals surface area contributed by atoms with E-state index in [0.29, 0.717) is 16.8 Å². The predicted octanol–water partition coefficient (Wildman–Crippen LogP) is 1.87. The Bertz CT molecular complexity index is 805. The molecule has 8 heteroatoms. The van der Waals surface area contributed by atoms with E-state index in [9.17, 15) is 5.11 Å². The lowest BCUT2D eigenvalue weighted by atomic mass is 10.2. The van der Waals surface area contributed by atoms with E-state index >= 15 is 0 Å². The van der Waals surface area contributed by atoms with Crippen molar-refractivity contribution < 1.29 is 5.11 Å². The fourth-order valence-corrected chi connectivity index (χ4v) is 2.84. The highest BCUT2D eigenvalue weighted by molar-refractivity contribution is 7.99. The maximum Gasteiger partial charge on any atom is 0.197 e. The minimum Gasteiger partial charge on any atom is -0.388 e. The molecule has 0 aliphatic carbocycles. The molecule has 7 nitrogen and oxygen atoms in total. The van der Waals surface area contributed by atoms with Crippen molar-refractivity contribution in [2.45, 2.75) is 30.1 Å². The van der Waals surface area contributed by atoms with Crippen LogP contribution in [0.5, 0.6) is 0 Å². The molecule has 3 aromatic heterocycles. The second-order valence-corrected chi connectivity index (χ2v) is 5.82. The van der Waals surface area contributed by atoms with Gasteiger partial charge in [0.25, 0.3) is 0 Å². The monoisotopic (exact) mass is 328 g/mol. The zero-order chi connectivity index (χ0) is 16.2. The highest BCUT2D eigenvalue weighted by Crippen LogP contribution is 2.27. The minimum atomic E-state index is -0.143. The van der Waals surface area contributed by atoms with E-state index in [2.05, 4.69) is 32.1 Å². The van der Waals surface area contributed by atoms with Crippen LogP contribution in [-0.2, 0) is 20.1 Å².